The van der Waals surface area contributed by atoms with Crippen molar-refractivity contribution in [3.63, 3.8) is 0 Å². The van der Waals surface area contributed by atoms with Gasteiger partial charge in [-0.2, -0.15) is 0 Å². The molecule has 0 bridgehead atoms. The molecule has 0 saturated carbocycles. The van der Waals surface area contributed by atoms with E-state index < -0.39 is 6.10 Å². The lowest BCUT2D eigenvalue weighted by Gasteiger charge is -2.18. The van der Waals surface area contributed by atoms with Gasteiger partial charge in [-0.25, -0.2) is 0 Å². The van der Waals surface area contributed by atoms with Crippen molar-refractivity contribution in [3.8, 4) is 0 Å². The first-order valence-electron chi connectivity index (χ1n) is 32.3. The number of carbonyl (C=O) groups excluding carboxylic acids is 3. The first-order chi connectivity index (χ1) is 35.5. The van der Waals surface area contributed by atoms with Crippen LogP contribution in [0.2, 0.25) is 0 Å². The van der Waals surface area contributed by atoms with Gasteiger partial charge in [0.15, 0.2) is 6.10 Å². The minimum absolute atomic E-state index is 0.0701. The number of ether oxygens (including phenoxy) is 3. The number of carbonyl (C=O) groups is 3. The van der Waals surface area contributed by atoms with Crippen LogP contribution in [0.5, 0.6) is 0 Å². The normalized spacial score (nSPS) is 12.1. The molecular formula is C66H124O6. The van der Waals surface area contributed by atoms with Crippen molar-refractivity contribution < 1.29 is 28.6 Å². The Morgan fingerprint density at radius 3 is 0.708 bits per heavy atom. The van der Waals surface area contributed by atoms with Gasteiger partial charge in [0.25, 0.3) is 0 Å². The summed E-state index contributed by atoms with van der Waals surface area (Å²) >= 11 is 0. The van der Waals surface area contributed by atoms with Crippen molar-refractivity contribution >= 4 is 17.9 Å². The van der Waals surface area contributed by atoms with Crippen LogP contribution in [0.15, 0.2) is 24.3 Å². The minimum atomic E-state index is -0.772. The summed E-state index contributed by atoms with van der Waals surface area (Å²) in [6.45, 7) is 6.68. The number of rotatable bonds is 60. The molecule has 6 nitrogen and oxygen atoms in total. The molecule has 0 spiro atoms. The average molecular weight is 1010 g/mol. The summed E-state index contributed by atoms with van der Waals surface area (Å²) in [5.74, 6) is -0.855. The molecule has 424 valence electrons. The SMILES string of the molecule is CCCCCC/C=C\CCCCCCCC(=O)OCC(COC(=O)CCCCCCCCCCC/C=C\CCCCCCCCCC)OC(=O)CCCCCCCCCCCCCCCCCCCCCC. The van der Waals surface area contributed by atoms with Crippen LogP contribution in [-0.4, -0.2) is 37.2 Å². The molecule has 0 aromatic heterocycles. The standard InChI is InChI=1S/C66H124O6/c1-4-7-10-13-16-19-22-25-27-29-31-33-35-36-38-41-44-47-50-53-56-59-65(68)71-62-63(61-70-64(67)58-55-52-49-46-43-40-24-21-18-15-12-9-6-3)72-66(69)60-57-54-51-48-45-42-39-37-34-32-30-28-26-23-20-17-14-11-8-5-2/h21,24,29,31,63H,4-20,22-23,25-28,30,32-62H2,1-3H3/b24-21-,31-29-. The Labute approximate surface area is 449 Å². The lowest BCUT2D eigenvalue weighted by molar-refractivity contribution is -0.167. The third-order valence-electron chi connectivity index (χ3n) is 14.7. The smallest absolute Gasteiger partial charge is 0.306 e. The van der Waals surface area contributed by atoms with Crippen LogP contribution in [-0.2, 0) is 28.6 Å². The number of allylic oxidation sites excluding steroid dienone is 4. The summed E-state index contributed by atoms with van der Waals surface area (Å²) in [7, 11) is 0. The Balaban J connectivity index is 4.28. The van der Waals surface area contributed by atoms with Crippen molar-refractivity contribution in [2.45, 2.75) is 367 Å². The van der Waals surface area contributed by atoms with Crippen LogP contribution in [0.25, 0.3) is 0 Å². The summed E-state index contributed by atoms with van der Waals surface area (Å²) in [5, 5.41) is 0. The molecule has 6 heteroatoms. The van der Waals surface area contributed by atoms with E-state index in [4.69, 9.17) is 14.2 Å². The van der Waals surface area contributed by atoms with E-state index >= 15 is 0 Å². The molecule has 0 fully saturated rings. The second-order valence-corrected chi connectivity index (χ2v) is 22.0. The number of hydrogen-bond acceptors (Lipinski definition) is 6. The zero-order chi connectivity index (χ0) is 52.2. The van der Waals surface area contributed by atoms with Gasteiger partial charge in [0.1, 0.15) is 13.2 Å². The molecule has 0 rings (SSSR count). The Morgan fingerprint density at radius 1 is 0.264 bits per heavy atom. The third-order valence-corrected chi connectivity index (χ3v) is 14.7. The Hall–Kier alpha value is -2.11. The summed E-state index contributed by atoms with van der Waals surface area (Å²) in [6.07, 6.45) is 73.3. The molecule has 0 amide bonds. The molecular weight excluding hydrogens is 889 g/mol. The quantitative estimate of drug-likeness (QED) is 0.0261. The lowest BCUT2D eigenvalue weighted by Crippen LogP contribution is -2.30. The van der Waals surface area contributed by atoms with Gasteiger partial charge >= 0.3 is 17.9 Å². The van der Waals surface area contributed by atoms with Gasteiger partial charge in [-0.1, -0.05) is 295 Å². The maximum atomic E-state index is 12.9. The van der Waals surface area contributed by atoms with Crippen molar-refractivity contribution in [1.82, 2.24) is 0 Å². The van der Waals surface area contributed by atoms with Gasteiger partial charge in [-0.05, 0) is 70.6 Å². The van der Waals surface area contributed by atoms with Crippen molar-refractivity contribution in [3.05, 3.63) is 24.3 Å². The van der Waals surface area contributed by atoms with Gasteiger partial charge < -0.3 is 14.2 Å². The Bertz CT molecular complexity index is 1160. The highest BCUT2D eigenvalue weighted by Gasteiger charge is 2.19. The van der Waals surface area contributed by atoms with Crippen LogP contribution < -0.4 is 0 Å². The van der Waals surface area contributed by atoms with Crippen LogP contribution >= 0.6 is 0 Å². The van der Waals surface area contributed by atoms with E-state index in [1.165, 1.54) is 257 Å². The second kappa shape index (κ2) is 61.4. The monoisotopic (exact) mass is 1010 g/mol. The van der Waals surface area contributed by atoms with E-state index in [0.717, 1.165) is 64.2 Å². The zero-order valence-electron chi connectivity index (χ0n) is 48.7. The molecule has 0 saturated heterocycles. The van der Waals surface area contributed by atoms with E-state index in [2.05, 4.69) is 45.1 Å². The molecule has 1 atom stereocenters. The van der Waals surface area contributed by atoms with Gasteiger partial charge in [0.2, 0.25) is 0 Å². The fourth-order valence-electron chi connectivity index (χ4n) is 9.79. The van der Waals surface area contributed by atoms with Crippen LogP contribution in [0.3, 0.4) is 0 Å². The van der Waals surface area contributed by atoms with Gasteiger partial charge in [0, 0.05) is 19.3 Å². The minimum Gasteiger partial charge on any atom is -0.462 e. The predicted octanol–water partition coefficient (Wildman–Crippen LogP) is 21.8. The maximum Gasteiger partial charge on any atom is 0.306 e. The molecule has 0 heterocycles. The number of esters is 3. The Morgan fingerprint density at radius 2 is 0.458 bits per heavy atom. The number of unbranched alkanes of at least 4 members (excludes halogenated alkanes) is 45. The van der Waals surface area contributed by atoms with Gasteiger partial charge in [0.05, 0.1) is 0 Å². The molecule has 0 aliphatic carbocycles. The molecule has 1 unspecified atom stereocenters. The zero-order valence-corrected chi connectivity index (χ0v) is 48.7. The van der Waals surface area contributed by atoms with E-state index in [0.29, 0.717) is 19.3 Å². The molecule has 0 aliphatic rings. The largest absolute Gasteiger partial charge is 0.462 e. The molecule has 0 N–H and O–H groups in total. The fraction of sp³-hybridized carbons (Fsp3) is 0.894. The van der Waals surface area contributed by atoms with Crippen molar-refractivity contribution in [1.29, 1.82) is 0 Å². The first kappa shape index (κ1) is 69.9. The van der Waals surface area contributed by atoms with Gasteiger partial charge in [-0.15, -0.1) is 0 Å². The first-order valence-corrected chi connectivity index (χ1v) is 32.3. The van der Waals surface area contributed by atoms with Crippen LogP contribution in [0.1, 0.15) is 361 Å². The van der Waals surface area contributed by atoms with Crippen molar-refractivity contribution in [2.75, 3.05) is 13.2 Å². The summed E-state index contributed by atoms with van der Waals surface area (Å²) in [4.78, 5) is 38.3. The topological polar surface area (TPSA) is 78.9 Å². The van der Waals surface area contributed by atoms with E-state index in [1.54, 1.807) is 0 Å². The summed E-state index contributed by atoms with van der Waals surface area (Å²) < 4.78 is 16.9. The number of hydrogen-bond donors (Lipinski definition) is 0. The van der Waals surface area contributed by atoms with Gasteiger partial charge in [-0.3, -0.25) is 14.4 Å². The molecule has 72 heavy (non-hydrogen) atoms. The lowest BCUT2D eigenvalue weighted by atomic mass is 10.0. The highest BCUT2D eigenvalue weighted by atomic mass is 16.6. The predicted molar refractivity (Wildman–Crippen MR) is 312 cm³/mol. The molecule has 0 aromatic rings. The summed E-state index contributed by atoms with van der Waals surface area (Å²) in [5.41, 5.74) is 0. The maximum absolute atomic E-state index is 12.9. The van der Waals surface area contributed by atoms with Crippen LogP contribution in [0.4, 0.5) is 0 Å². The van der Waals surface area contributed by atoms with Crippen molar-refractivity contribution in [2.24, 2.45) is 0 Å². The van der Waals surface area contributed by atoms with E-state index in [-0.39, 0.29) is 31.1 Å². The van der Waals surface area contributed by atoms with E-state index in [9.17, 15) is 14.4 Å². The second-order valence-electron chi connectivity index (χ2n) is 22.0. The van der Waals surface area contributed by atoms with E-state index in [1.807, 2.05) is 0 Å². The highest BCUT2D eigenvalue weighted by molar-refractivity contribution is 5.71. The average Bonchev–Trinajstić information content (AvgIpc) is 3.38. The highest BCUT2D eigenvalue weighted by Crippen LogP contribution is 2.18. The molecule has 0 aromatic carbocycles. The fourth-order valence-corrected chi connectivity index (χ4v) is 9.79. The summed E-state index contributed by atoms with van der Waals surface area (Å²) in [6, 6.07) is 0. The third kappa shape index (κ3) is 58.8. The molecule has 0 aliphatic heterocycles. The van der Waals surface area contributed by atoms with Crippen LogP contribution in [0, 0.1) is 0 Å². The Kier molecular flexibility index (Phi) is 59.6. The molecule has 0 radical (unpaired) electrons.